The van der Waals surface area contributed by atoms with Gasteiger partial charge in [-0.3, -0.25) is 9.78 Å². The molecule has 0 saturated carbocycles. The highest BCUT2D eigenvalue weighted by Crippen LogP contribution is 2.34. The first-order valence-corrected chi connectivity index (χ1v) is 8.29. The molecule has 2 aromatic heterocycles. The molecule has 1 aliphatic heterocycles. The Hall–Kier alpha value is -2.44. The molecule has 2 aromatic rings. The molecule has 1 aliphatic rings. The second kappa shape index (κ2) is 6.59. The van der Waals surface area contributed by atoms with Crippen molar-refractivity contribution in [3.05, 3.63) is 35.1 Å². The van der Waals surface area contributed by atoms with Crippen molar-refractivity contribution in [1.82, 2.24) is 20.0 Å². The Bertz CT molecular complexity index is 740. The van der Waals surface area contributed by atoms with Crippen molar-refractivity contribution in [3.8, 4) is 0 Å². The molecule has 0 spiro atoms. The molecule has 1 fully saturated rings. The second-order valence-electron chi connectivity index (χ2n) is 6.39. The fourth-order valence-electron chi connectivity index (χ4n) is 3.17. The van der Waals surface area contributed by atoms with Gasteiger partial charge in [0.2, 0.25) is 0 Å². The molecular formula is C17H23N5O2. The van der Waals surface area contributed by atoms with Crippen molar-refractivity contribution in [2.75, 3.05) is 18.9 Å². The lowest BCUT2D eigenvalue weighted by atomic mass is 10.0. The van der Waals surface area contributed by atoms with Gasteiger partial charge in [-0.05, 0) is 25.7 Å². The van der Waals surface area contributed by atoms with Crippen molar-refractivity contribution >= 4 is 11.7 Å². The molecule has 0 aromatic carbocycles. The third-order valence-electron chi connectivity index (χ3n) is 4.41. The van der Waals surface area contributed by atoms with Crippen LogP contribution in [0.5, 0.6) is 0 Å². The quantitative estimate of drug-likeness (QED) is 0.928. The zero-order chi connectivity index (χ0) is 17.3. The molecule has 0 bridgehead atoms. The van der Waals surface area contributed by atoms with Crippen LogP contribution in [0.3, 0.4) is 0 Å². The summed E-state index contributed by atoms with van der Waals surface area (Å²) < 4.78 is 5.28. The van der Waals surface area contributed by atoms with Crippen molar-refractivity contribution in [1.29, 1.82) is 0 Å². The molecule has 3 rings (SSSR count). The highest BCUT2D eigenvalue weighted by atomic mass is 16.5. The summed E-state index contributed by atoms with van der Waals surface area (Å²) in [5, 5.41) is 7.07. The van der Waals surface area contributed by atoms with Crippen LogP contribution >= 0.6 is 0 Å². The number of aryl methyl sites for hydroxylation is 1. The van der Waals surface area contributed by atoms with Crippen LogP contribution < -0.4 is 5.32 Å². The van der Waals surface area contributed by atoms with Gasteiger partial charge in [0.15, 0.2) is 0 Å². The Kier molecular flexibility index (Phi) is 4.51. The number of carbonyl (C=O) groups is 1. The molecule has 7 heteroatoms. The van der Waals surface area contributed by atoms with Crippen molar-refractivity contribution in [2.45, 2.75) is 45.6 Å². The number of carbonyl (C=O) groups excluding carboxylic acids is 1. The number of hydrogen-bond donors (Lipinski definition) is 1. The number of nitrogens with zero attached hydrogens (tertiary/aromatic N) is 4. The number of nitrogens with one attached hydrogen (secondary N) is 1. The predicted octanol–water partition coefficient (Wildman–Crippen LogP) is 2.92. The highest BCUT2D eigenvalue weighted by Gasteiger charge is 2.35. The van der Waals surface area contributed by atoms with Gasteiger partial charge in [-0.25, -0.2) is 4.98 Å². The minimum Gasteiger partial charge on any atom is -0.372 e. The second-order valence-corrected chi connectivity index (χ2v) is 6.39. The number of anilines is 1. The number of likely N-dealkylation sites (tertiary alicyclic amines) is 1. The van der Waals surface area contributed by atoms with E-state index in [4.69, 9.17) is 4.52 Å². The topological polar surface area (TPSA) is 84.2 Å². The predicted molar refractivity (Wildman–Crippen MR) is 89.9 cm³/mol. The van der Waals surface area contributed by atoms with E-state index in [1.54, 1.807) is 26.4 Å². The van der Waals surface area contributed by atoms with Crippen molar-refractivity contribution in [2.24, 2.45) is 0 Å². The SMILES string of the molecule is CNc1cncc([C@H]2CCCN2C(=O)c2c(C(C)C)noc2C)n1. The first-order chi connectivity index (χ1) is 11.5. The zero-order valence-electron chi connectivity index (χ0n) is 14.5. The van der Waals surface area contributed by atoms with Gasteiger partial charge in [0.25, 0.3) is 5.91 Å². The largest absolute Gasteiger partial charge is 0.372 e. The van der Waals surface area contributed by atoms with E-state index in [-0.39, 0.29) is 17.9 Å². The molecule has 1 amide bonds. The minimum atomic E-state index is -0.0624. The number of rotatable bonds is 4. The van der Waals surface area contributed by atoms with Crippen molar-refractivity contribution in [3.63, 3.8) is 0 Å². The van der Waals surface area contributed by atoms with Crippen LogP contribution in [0.25, 0.3) is 0 Å². The van der Waals surface area contributed by atoms with E-state index in [0.29, 0.717) is 23.7 Å². The number of amides is 1. The Morgan fingerprint density at radius 1 is 1.42 bits per heavy atom. The van der Waals surface area contributed by atoms with Gasteiger partial charge >= 0.3 is 0 Å². The van der Waals surface area contributed by atoms with E-state index in [0.717, 1.165) is 24.2 Å². The van der Waals surface area contributed by atoms with E-state index in [2.05, 4.69) is 20.4 Å². The first kappa shape index (κ1) is 16.4. The standard InChI is InChI=1S/C17H23N5O2/c1-10(2)16-15(11(3)24-21-16)17(23)22-7-5-6-13(22)12-8-19-9-14(18-4)20-12/h8-10,13H,5-7H2,1-4H3,(H,18,20)/t13-/m1/s1. The Labute approximate surface area is 141 Å². The van der Waals surface area contributed by atoms with Gasteiger partial charge in [0.1, 0.15) is 17.1 Å². The van der Waals surface area contributed by atoms with Gasteiger partial charge in [-0.1, -0.05) is 19.0 Å². The third-order valence-corrected chi connectivity index (χ3v) is 4.41. The summed E-state index contributed by atoms with van der Waals surface area (Å²) in [6, 6.07) is -0.0624. The maximum absolute atomic E-state index is 13.2. The molecule has 7 nitrogen and oxygen atoms in total. The summed E-state index contributed by atoms with van der Waals surface area (Å²) in [4.78, 5) is 23.8. The molecule has 0 unspecified atom stereocenters. The van der Waals surface area contributed by atoms with Crippen LogP contribution in [0.1, 0.15) is 66.2 Å². The molecule has 24 heavy (non-hydrogen) atoms. The van der Waals surface area contributed by atoms with E-state index in [1.807, 2.05) is 18.7 Å². The van der Waals surface area contributed by atoms with Gasteiger partial charge in [0, 0.05) is 13.6 Å². The molecule has 0 radical (unpaired) electrons. The smallest absolute Gasteiger partial charge is 0.259 e. The minimum absolute atomic E-state index is 0.0309. The van der Waals surface area contributed by atoms with Crippen LogP contribution in [-0.2, 0) is 0 Å². The maximum Gasteiger partial charge on any atom is 0.259 e. The average Bonchev–Trinajstić information content (AvgIpc) is 3.21. The monoisotopic (exact) mass is 329 g/mol. The van der Waals surface area contributed by atoms with Crippen LogP contribution in [0.2, 0.25) is 0 Å². The van der Waals surface area contributed by atoms with Crippen LogP contribution in [0.4, 0.5) is 5.82 Å². The number of hydrogen-bond acceptors (Lipinski definition) is 6. The van der Waals surface area contributed by atoms with Crippen LogP contribution in [0.15, 0.2) is 16.9 Å². The van der Waals surface area contributed by atoms with Crippen LogP contribution in [-0.4, -0.2) is 39.5 Å². The van der Waals surface area contributed by atoms with Gasteiger partial charge in [0.05, 0.1) is 29.8 Å². The molecule has 1 atom stereocenters. The molecule has 128 valence electrons. The van der Waals surface area contributed by atoms with Gasteiger partial charge < -0.3 is 14.7 Å². The average molecular weight is 329 g/mol. The molecule has 0 aliphatic carbocycles. The lowest BCUT2D eigenvalue weighted by Gasteiger charge is -2.24. The normalized spacial score (nSPS) is 17.5. The summed E-state index contributed by atoms with van der Waals surface area (Å²) in [6.45, 7) is 6.52. The Morgan fingerprint density at radius 3 is 2.92 bits per heavy atom. The molecule has 1 N–H and O–H groups in total. The van der Waals surface area contributed by atoms with E-state index in [9.17, 15) is 4.79 Å². The van der Waals surface area contributed by atoms with Crippen LogP contribution in [0, 0.1) is 6.92 Å². The summed E-state index contributed by atoms with van der Waals surface area (Å²) in [7, 11) is 1.81. The fourth-order valence-corrected chi connectivity index (χ4v) is 3.17. The first-order valence-electron chi connectivity index (χ1n) is 8.29. The summed E-state index contributed by atoms with van der Waals surface area (Å²) in [6.07, 6.45) is 5.24. The molecule has 3 heterocycles. The van der Waals surface area contributed by atoms with E-state index < -0.39 is 0 Å². The zero-order valence-corrected chi connectivity index (χ0v) is 14.5. The van der Waals surface area contributed by atoms with Gasteiger partial charge in [-0.2, -0.15) is 0 Å². The lowest BCUT2D eigenvalue weighted by molar-refractivity contribution is 0.0729. The summed E-state index contributed by atoms with van der Waals surface area (Å²) in [5.41, 5.74) is 2.13. The van der Waals surface area contributed by atoms with E-state index >= 15 is 0 Å². The third kappa shape index (κ3) is 2.86. The number of aromatic nitrogens is 3. The van der Waals surface area contributed by atoms with Gasteiger partial charge in [-0.15, -0.1) is 0 Å². The summed E-state index contributed by atoms with van der Waals surface area (Å²) >= 11 is 0. The Balaban J connectivity index is 1.93. The van der Waals surface area contributed by atoms with Crippen molar-refractivity contribution < 1.29 is 9.32 Å². The molecule has 1 saturated heterocycles. The Morgan fingerprint density at radius 2 is 2.21 bits per heavy atom. The lowest BCUT2D eigenvalue weighted by Crippen LogP contribution is -2.32. The fraction of sp³-hybridized carbons (Fsp3) is 0.529. The molecular weight excluding hydrogens is 306 g/mol. The summed E-state index contributed by atoms with van der Waals surface area (Å²) in [5.74, 6) is 1.38. The van der Waals surface area contributed by atoms with E-state index in [1.165, 1.54) is 0 Å². The highest BCUT2D eigenvalue weighted by molar-refractivity contribution is 5.96. The maximum atomic E-state index is 13.2.